The lowest BCUT2D eigenvalue weighted by Gasteiger charge is -2.18. The third-order valence-electron chi connectivity index (χ3n) is 4.46. The van der Waals surface area contributed by atoms with Crippen LogP contribution in [0.4, 0.5) is 11.4 Å². The summed E-state index contributed by atoms with van der Waals surface area (Å²) in [5, 5.41) is 5.76. The molecule has 0 atom stereocenters. The summed E-state index contributed by atoms with van der Waals surface area (Å²) in [7, 11) is 3.97. The number of anilines is 2. The standard InChI is InChI=1S/C22H25N3O3S/c1-15-20(29-12-11-28-15)22(27)24-18-6-4-5-17(13-18)21(26)23-14-16-7-9-19(10-8-16)25(2)3/h4-10,13H,11-12,14H2,1-3H3,(H,23,26)(H,24,27). The van der Waals surface area contributed by atoms with E-state index in [1.54, 1.807) is 31.2 Å². The summed E-state index contributed by atoms with van der Waals surface area (Å²) in [4.78, 5) is 27.6. The molecule has 0 bridgehead atoms. The van der Waals surface area contributed by atoms with Gasteiger partial charge in [-0.05, 0) is 42.8 Å². The molecule has 6 nitrogen and oxygen atoms in total. The fourth-order valence-corrected chi connectivity index (χ4v) is 3.67. The zero-order valence-electron chi connectivity index (χ0n) is 16.8. The number of allylic oxidation sites excluding steroid dienone is 1. The Labute approximate surface area is 175 Å². The van der Waals surface area contributed by atoms with Crippen LogP contribution in [-0.4, -0.2) is 38.3 Å². The van der Waals surface area contributed by atoms with E-state index in [1.807, 2.05) is 43.3 Å². The summed E-state index contributed by atoms with van der Waals surface area (Å²) in [5.74, 6) is 0.972. The lowest BCUT2D eigenvalue weighted by molar-refractivity contribution is -0.112. The summed E-state index contributed by atoms with van der Waals surface area (Å²) in [6, 6.07) is 14.9. The van der Waals surface area contributed by atoms with Crippen molar-refractivity contribution >= 4 is 35.0 Å². The van der Waals surface area contributed by atoms with Crippen molar-refractivity contribution in [3.8, 4) is 0 Å². The second-order valence-electron chi connectivity index (χ2n) is 6.86. The van der Waals surface area contributed by atoms with E-state index >= 15 is 0 Å². The molecule has 0 radical (unpaired) electrons. The van der Waals surface area contributed by atoms with Crippen LogP contribution in [-0.2, 0) is 16.1 Å². The van der Waals surface area contributed by atoms with Gasteiger partial charge in [-0.1, -0.05) is 18.2 Å². The van der Waals surface area contributed by atoms with Gasteiger partial charge in [-0.3, -0.25) is 9.59 Å². The Morgan fingerprint density at radius 3 is 2.55 bits per heavy atom. The Kier molecular flexibility index (Phi) is 6.82. The number of hydrogen-bond donors (Lipinski definition) is 2. The first kappa shape index (κ1) is 20.8. The van der Waals surface area contributed by atoms with Crippen molar-refractivity contribution in [2.45, 2.75) is 13.5 Å². The molecule has 0 unspecified atom stereocenters. The van der Waals surface area contributed by atoms with Gasteiger partial charge in [0.05, 0.1) is 6.61 Å². The number of thioether (sulfide) groups is 1. The van der Waals surface area contributed by atoms with E-state index in [9.17, 15) is 9.59 Å². The fourth-order valence-electron chi connectivity index (χ4n) is 2.85. The number of carbonyl (C=O) groups excluding carboxylic acids is 2. The van der Waals surface area contributed by atoms with E-state index in [0.717, 1.165) is 17.0 Å². The van der Waals surface area contributed by atoms with E-state index in [0.29, 0.717) is 35.1 Å². The van der Waals surface area contributed by atoms with Crippen molar-refractivity contribution < 1.29 is 14.3 Å². The molecule has 152 valence electrons. The topological polar surface area (TPSA) is 70.7 Å². The van der Waals surface area contributed by atoms with Gasteiger partial charge in [0.15, 0.2) is 0 Å². The first-order chi connectivity index (χ1) is 13.9. The number of ether oxygens (including phenoxy) is 1. The molecule has 2 amide bonds. The lowest BCUT2D eigenvalue weighted by atomic mass is 10.1. The molecule has 0 aliphatic carbocycles. The van der Waals surface area contributed by atoms with E-state index in [4.69, 9.17) is 4.74 Å². The Hall–Kier alpha value is -2.93. The van der Waals surface area contributed by atoms with Gasteiger partial charge in [0.25, 0.3) is 11.8 Å². The number of amides is 2. The maximum Gasteiger partial charge on any atom is 0.265 e. The Balaban J connectivity index is 1.61. The number of benzene rings is 2. The molecule has 0 aromatic heterocycles. The number of nitrogens with zero attached hydrogens (tertiary/aromatic N) is 1. The maximum absolute atomic E-state index is 12.5. The van der Waals surface area contributed by atoms with Crippen LogP contribution in [0, 0.1) is 0 Å². The largest absolute Gasteiger partial charge is 0.496 e. The molecular weight excluding hydrogens is 386 g/mol. The predicted molar refractivity (Wildman–Crippen MR) is 118 cm³/mol. The van der Waals surface area contributed by atoms with Crippen molar-refractivity contribution in [2.75, 3.05) is 36.7 Å². The molecule has 7 heteroatoms. The average molecular weight is 412 g/mol. The van der Waals surface area contributed by atoms with Crippen LogP contribution in [0.3, 0.4) is 0 Å². The normalized spacial score (nSPS) is 13.5. The van der Waals surface area contributed by atoms with Crippen molar-refractivity contribution in [3.05, 3.63) is 70.3 Å². The molecule has 1 aliphatic heterocycles. The van der Waals surface area contributed by atoms with Crippen LogP contribution in [0.1, 0.15) is 22.8 Å². The van der Waals surface area contributed by atoms with Gasteiger partial charge in [-0.25, -0.2) is 0 Å². The van der Waals surface area contributed by atoms with Gasteiger partial charge in [0, 0.05) is 43.3 Å². The highest BCUT2D eigenvalue weighted by molar-refractivity contribution is 8.04. The fraction of sp³-hybridized carbons (Fsp3) is 0.273. The highest BCUT2D eigenvalue weighted by atomic mass is 32.2. The number of rotatable bonds is 6. The average Bonchev–Trinajstić information content (AvgIpc) is 2.72. The summed E-state index contributed by atoms with van der Waals surface area (Å²) in [5.41, 5.74) is 3.19. The van der Waals surface area contributed by atoms with Crippen LogP contribution in [0.5, 0.6) is 0 Å². The van der Waals surface area contributed by atoms with Crippen molar-refractivity contribution in [1.29, 1.82) is 0 Å². The smallest absolute Gasteiger partial charge is 0.265 e. The van der Waals surface area contributed by atoms with E-state index in [-0.39, 0.29) is 11.8 Å². The van der Waals surface area contributed by atoms with Gasteiger partial charge >= 0.3 is 0 Å². The summed E-state index contributed by atoms with van der Waals surface area (Å²) < 4.78 is 5.44. The molecule has 2 aromatic carbocycles. The van der Waals surface area contributed by atoms with Crippen LogP contribution in [0.2, 0.25) is 0 Å². The first-order valence-electron chi connectivity index (χ1n) is 9.36. The maximum atomic E-state index is 12.5. The SMILES string of the molecule is CC1=C(C(=O)Nc2cccc(C(=O)NCc3ccc(N(C)C)cc3)c2)SCCO1. The minimum atomic E-state index is -0.217. The zero-order valence-corrected chi connectivity index (χ0v) is 17.6. The number of carbonyl (C=O) groups is 2. The van der Waals surface area contributed by atoms with Crippen molar-refractivity contribution in [3.63, 3.8) is 0 Å². The van der Waals surface area contributed by atoms with Gasteiger partial charge in [-0.2, -0.15) is 0 Å². The van der Waals surface area contributed by atoms with E-state index in [1.165, 1.54) is 11.8 Å². The quantitative estimate of drug-likeness (QED) is 0.760. The minimum Gasteiger partial charge on any atom is -0.496 e. The predicted octanol–water partition coefficient (Wildman–Crippen LogP) is 3.62. The van der Waals surface area contributed by atoms with Gasteiger partial charge in [0.2, 0.25) is 0 Å². The van der Waals surface area contributed by atoms with Crippen molar-refractivity contribution in [2.24, 2.45) is 0 Å². The Morgan fingerprint density at radius 2 is 1.86 bits per heavy atom. The van der Waals surface area contributed by atoms with Crippen LogP contribution < -0.4 is 15.5 Å². The second-order valence-corrected chi connectivity index (χ2v) is 7.97. The van der Waals surface area contributed by atoms with Crippen LogP contribution >= 0.6 is 11.8 Å². The second kappa shape index (κ2) is 9.52. The summed E-state index contributed by atoms with van der Waals surface area (Å²) in [6.45, 7) is 2.83. The molecule has 29 heavy (non-hydrogen) atoms. The van der Waals surface area contributed by atoms with Gasteiger partial charge < -0.3 is 20.3 Å². The van der Waals surface area contributed by atoms with Gasteiger partial charge in [-0.15, -0.1) is 11.8 Å². The number of nitrogens with one attached hydrogen (secondary N) is 2. The van der Waals surface area contributed by atoms with Gasteiger partial charge in [0.1, 0.15) is 10.7 Å². The molecule has 3 rings (SSSR count). The summed E-state index contributed by atoms with van der Waals surface area (Å²) in [6.07, 6.45) is 0. The first-order valence-corrected chi connectivity index (χ1v) is 10.3. The minimum absolute atomic E-state index is 0.191. The molecule has 0 spiro atoms. The lowest BCUT2D eigenvalue weighted by Crippen LogP contribution is -2.23. The molecule has 2 N–H and O–H groups in total. The summed E-state index contributed by atoms with van der Waals surface area (Å²) >= 11 is 1.48. The monoisotopic (exact) mass is 411 g/mol. The molecule has 1 heterocycles. The number of hydrogen-bond acceptors (Lipinski definition) is 5. The molecule has 1 aliphatic rings. The molecule has 0 fully saturated rings. The van der Waals surface area contributed by atoms with E-state index in [2.05, 4.69) is 10.6 Å². The van der Waals surface area contributed by atoms with E-state index < -0.39 is 0 Å². The molecular formula is C22H25N3O3S. The zero-order chi connectivity index (χ0) is 20.8. The van der Waals surface area contributed by atoms with Crippen LogP contribution in [0.25, 0.3) is 0 Å². The molecule has 2 aromatic rings. The Bertz CT molecular complexity index is 923. The Morgan fingerprint density at radius 1 is 1.10 bits per heavy atom. The highest BCUT2D eigenvalue weighted by Crippen LogP contribution is 2.26. The highest BCUT2D eigenvalue weighted by Gasteiger charge is 2.19. The third-order valence-corrected chi connectivity index (χ3v) is 5.60. The third kappa shape index (κ3) is 5.54. The molecule has 0 saturated carbocycles. The molecule has 0 saturated heterocycles. The van der Waals surface area contributed by atoms with Crippen LogP contribution in [0.15, 0.2) is 59.2 Å². The van der Waals surface area contributed by atoms with Crippen molar-refractivity contribution in [1.82, 2.24) is 5.32 Å².